The summed E-state index contributed by atoms with van der Waals surface area (Å²) in [6, 6.07) is 3.90. The van der Waals surface area contributed by atoms with Crippen LogP contribution in [0.4, 0.5) is 10.1 Å². The van der Waals surface area contributed by atoms with Crippen LogP contribution in [0.15, 0.2) is 18.2 Å². The first-order valence-corrected chi connectivity index (χ1v) is 4.82. The average Bonchev–Trinajstić information content (AvgIpc) is 2.15. The Balaban J connectivity index is 3.02. The fourth-order valence-corrected chi connectivity index (χ4v) is 1.38. The van der Waals surface area contributed by atoms with E-state index in [-0.39, 0.29) is 11.3 Å². The molecular formula is C9H10FNO2S. The summed E-state index contributed by atoms with van der Waals surface area (Å²) >= 11 is 3.98. The Morgan fingerprint density at radius 2 is 2.21 bits per heavy atom. The van der Waals surface area contributed by atoms with Crippen molar-refractivity contribution in [2.75, 3.05) is 5.75 Å². The number of nitro benzene ring substituents is 1. The van der Waals surface area contributed by atoms with Gasteiger partial charge < -0.3 is 0 Å². The van der Waals surface area contributed by atoms with E-state index in [0.717, 1.165) is 0 Å². The number of nitrogens with zero attached hydrogens (tertiary/aromatic N) is 1. The Kier molecular flexibility index (Phi) is 3.88. The molecular weight excluding hydrogens is 205 g/mol. The van der Waals surface area contributed by atoms with Crippen molar-refractivity contribution in [3.63, 3.8) is 0 Å². The molecule has 0 unspecified atom stereocenters. The Bertz CT molecular complexity index is 344. The third-order valence-corrected chi connectivity index (χ3v) is 2.19. The van der Waals surface area contributed by atoms with Gasteiger partial charge in [-0.25, -0.2) is 4.39 Å². The van der Waals surface area contributed by atoms with Crippen LogP contribution in [0.5, 0.6) is 0 Å². The second kappa shape index (κ2) is 4.95. The van der Waals surface area contributed by atoms with Crippen LogP contribution in [-0.4, -0.2) is 10.7 Å². The van der Waals surface area contributed by atoms with Crippen LogP contribution in [0.3, 0.4) is 0 Å². The summed E-state index contributed by atoms with van der Waals surface area (Å²) < 4.78 is 13.2. The van der Waals surface area contributed by atoms with E-state index in [4.69, 9.17) is 0 Å². The Labute approximate surface area is 86.5 Å². The fraction of sp³-hybridized carbons (Fsp3) is 0.333. The Hall–Kier alpha value is -1.10. The van der Waals surface area contributed by atoms with E-state index in [1.165, 1.54) is 18.2 Å². The van der Waals surface area contributed by atoms with E-state index in [1.54, 1.807) is 0 Å². The highest BCUT2D eigenvalue weighted by atomic mass is 32.1. The van der Waals surface area contributed by atoms with Crippen LogP contribution < -0.4 is 0 Å². The second-order valence-corrected chi connectivity index (χ2v) is 3.27. The molecule has 0 saturated heterocycles. The number of hydrogen-bond donors (Lipinski definition) is 1. The molecule has 14 heavy (non-hydrogen) atoms. The van der Waals surface area contributed by atoms with Crippen molar-refractivity contribution in [1.82, 2.24) is 0 Å². The predicted octanol–water partition coefficient (Wildman–Crippen LogP) is 2.60. The van der Waals surface area contributed by atoms with Crippen LogP contribution in [0.1, 0.15) is 12.0 Å². The molecule has 0 radical (unpaired) electrons. The molecule has 0 fully saturated rings. The minimum atomic E-state index is -0.559. The molecule has 0 spiro atoms. The highest BCUT2D eigenvalue weighted by Crippen LogP contribution is 2.22. The lowest BCUT2D eigenvalue weighted by Crippen LogP contribution is -1.99. The monoisotopic (exact) mass is 215 g/mol. The van der Waals surface area contributed by atoms with Gasteiger partial charge in [0.05, 0.1) is 10.5 Å². The van der Waals surface area contributed by atoms with Gasteiger partial charge in [-0.2, -0.15) is 12.6 Å². The molecule has 1 aromatic carbocycles. The summed E-state index contributed by atoms with van der Waals surface area (Å²) in [5.74, 6) is 0.0758. The first-order chi connectivity index (χ1) is 6.66. The maximum atomic E-state index is 13.2. The van der Waals surface area contributed by atoms with Gasteiger partial charge in [-0.1, -0.05) is 6.07 Å². The van der Waals surface area contributed by atoms with Gasteiger partial charge in [-0.3, -0.25) is 10.1 Å². The third kappa shape index (κ3) is 2.45. The van der Waals surface area contributed by atoms with Crippen LogP contribution in [0.2, 0.25) is 0 Å². The molecule has 0 aromatic heterocycles. The lowest BCUT2D eigenvalue weighted by atomic mass is 10.1. The number of benzene rings is 1. The van der Waals surface area contributed by atoms with Gasteiger partial charge in [0.2, 0.25) is 0 Å². The highest BCUT2D eigenvalue weighted by molar-refractivity contribution is 7.80. The zero-order valence-corrected chi connectivity index (χ0v) is 8.34. The van der Waals surface area contributed by atoms with E-state index >= 15 is 0 Å². The Morgan fingerprint density at radius 3 is 2.79 bits per heavy atom. The number of nitro groups is 1. The van der Waals surface area contributed by atoms with Crippen molar-refractivity contribution in [1.29, 1.82) is 0 Å². The van der Waals surface area contributed by atoms with Crippen molar-refractivity contribution in [3.8, 4) is 0 Å². The van der Waals surface area contributed by atoms with Gasteiger partial charge in [0.1, 0.15) is 5.82 Å². The molecule has 0 aliphatic rings. The quantitative estimate of drug-likeness (QED) is 0.476. The van der Waals surface area contributed by atoms with Crippen LogP contribution in [0.25, 0.3) is 0 Å². The summed E-state index contributed by atoms with van der Waals surface area (Å²) in [6.07, 6.45) is 0.984. The molecule has 0 bridgehead atoms. The number of thiol groups is 1. The van der Waals surface area contributed by atoms with E-state index in [9.17, 15) is 14.5 Å². The smallest absolute Gasteiger partial charge is 0.258 e. The van der Waals surface area contributed by atoms with Gasteiger partial charge >= 0.3 is 0 Å². The molecule has 1 aromatic rings. The third-order valence-electron chi connectivity index (χ3n) is 1.88. The summed E-state index contributed by atoms with van der Waals surface area (Å²) in [7, 11) is 0. The SMILES string of the molecule is O=[N+]([O-])c1cccc(F)c1CCCS. The minimum absolute atomic E-state index is 0.146. The standard InChI is InChI=1S/C9H10FNO2S/c10-8-4-1-5-9(11(12)13)7(8)3-2-6-14/h1,4-5,14H,2-3,6H2. The van der Waals surface area contributed by atoms with Crippen molar-refractivity contribution in [2.45, 2.75) is 12.8 Å². The molecule has 0 heterocycles. The summed E-state index contributed by atoms with van der Waals surface area (Å²) in [4.78, 5) is 10.00. The van der Waals surface area contributed by atoms with E-state index in [0.29, 0.717) is 18.6 Å². The molecule has 76 valence electrons. The van der Waals surface area contributed by atoms with Crippen molar-refractivity contribution in [3.05, 3.63) is 39.7 Å². The van der Waals surface area contributed by atoms with Gasteiger partial charge in [0, 0.05) is 6.07 Å². The zero-order valence-electron chi connectivity index (χ0n) is 7.44. The summed E-state index contributed by atoms with van der Waals surface area (Å²) in [5, 5.41) is 10.6. The van der Waals surface area contributed by atoms with Gasteiger partial charge in [-0.15, -0.1) is 0 Å². The first-order valence-electron chi connectivity index (χ1n) is 4.19. The van der Waals surface area contributed by atoms with E-state index < -0.39 is 10.7 Å². The minimum Gasteiger partial charge on any atom is -0.258 e. The van der Waals surface area contributed by atoms with Crippen molar-refractivity contribution >= 4 is 18.3 Å². The first kappa shape index (κ1) is 11.0. The highest BCUT2D eigenvalue weighted by Gasteiger charge is 2.16. The van der Waals surface area contributed by atoms with Crippen molar-refractivity contribution < 1.29 is 9.31 Å². The largest absolute Gasteiger partial charge is 0.275 e. The maximum Gasteiger partial charge on any atom is 0.275 e. The van der Waals surface area contributed by atoms with Gasteiger partial charge in [-0.05, 0) is 24.7 Å². The molecule has 0 aliphatic heterocycles. The van der Waals surface area contributed by atoms with Crippen LogP contribution in [0, 0.1) is 15.9 Å². The van der Waals surface area contributed by atoms with Crippen LogP contribution in [-0.2, 0) is 6.42 Å². The molecule has 3 nitrogen and oxygen atoms in total. The van der Waals surface area contributed by atoms with E-state index in [2.05, 4.69) is 12.6 Å². The number of halogens is 1. The molecule has 1 rings (SSSR count). The Morgan fingerprint density at radius 1 is 1.50 bits per heavy atom. The lowest BCUT2D eigenvalue weighted by molar-refractivity contribution is -0.385. The lowest BCUT2D eigenvalue weighted by Gasteiger charge is -2.02. The van der Waals surface area contributed by atoms with Crippen LogP contribution >= 0.6 is 12.6 Å². The average molecular weight is 215 g/mol. The predicted molar refractivity (Wildman–Crippen MR) is 55.2 cm³/mol. The second-order valence-electron chi connectivity index (χ2n) is 2.82. The summed E-state index contributed by atoms with van der Waals surface area (Å²) in [6.45, 7) is 0. The topological polar surface area (TPSA) is 43.1 Å². The normalized spacial score (nSPS) is 10.1. The molecule has 0 N–H and O–H groups in total. The molecule has 5 heteroatoms. The molecule has 0 aliphatic carbocycles. The van der Waals surface area contributed by atoms with Gasteiger partial charge in [0.25, 0.3) is 5.69 Å². The number of rotatable bonds is 4. The van der Waals surface area contributed by atoms with E-state index in [1.807, 2.05) is 0 Å². The number of hydrogen-bond acceptors (Lipinski definition) is 3. The molecule has 0 saturated carbocycles. The fourth-order valence-electron chi connectivity index (χ4n) is 1.22. The molecule has 0 atom stereocenters. The molecule has 0 amide bonds. The van der Waals surface area contributed by atoms with Crippen molar-refractivity contribution in [2.24, 2.45) is 0 Å². The summed E-state index contributed by atoms with van der Waals surface area (Å²) in [5.41, 5.74) is 0.0262. The van der Waals surface area contributed by atoms with Gasteiger partial charge in [0.15, 0.2) is 0 Å². The maximum absolute atomic E-state index is 13.2. The zero-order chi connectivity index (χ0) is 10.6.